The maximum Gasteiger partial charge on any atom is 0.261 e. The molecule has 0 saturated heterocycles. The number of carbonyl (C=O) groups is 2. The van der Waals surface area contributed by atoms with Gasteiger partial charge in [-0.15, -0.1) is 0 Å². The number of hydrogen-bond donors (Lipinski definition) is 1. The summed E-state index contributed by atoms with van der Waals surface area (Å²) in [5.41, 5.74) is 1.39. The second kappa shape index (κ2) is 4.78. The topological polar surface area (TPSA) is 57.6 Å². The van der Waals surface area contributed by atoms with E-state index in [1.54, 1.807) is 6.07 Å². The van der Waals surface area contributed by atoms with Crippen LogP contribution >= 0.6 is 0 Å². The van der Waals surface area contributed by atoms with E-state index in [1.807, 2.05) is 18.2 Å². The smallest absolute Gasteiger partial charge is 0.261 e. The summed E-state index contributed by atoms with van der Waals surface area (Å²) in [5, 5.41) is 10.1. The van der Waals surface area contributed by atoms with Crippen LogP contribution in [0.1, 0.15) is 41.6 Å². The minimum absolute atomic E-state index is 0.186. The van der Waals surface area contributed by atoms with Crippen LogP contribution in [0.5, 0.6) is 0 Å². The standard InChI is InChI=1S/C15H17NO3/c17-13-8-4-3-7-12(13)16-14(18)9-10-5-1-2-6-11(10)15(16)19/h1-2,5-6,12-13,17H,3-4,7-9H2. The molecule has 100 valence electrons. The van der Waals surface area contributed by atoms with Crippen molar-refractivity contribution in [2.75, 3.05) is 0 Å². The van der Waals surface area contributed by atoms with Gasteiger partial charge >= 0.3 is 0 Å². The predicted octanol–water partition coefficient (Wildman–Crippen LogP) is 1.51. The van der Waals surface area contributed by atoms with Gasteiger partial charge in [0.15, 0.2) is 0 Å². The van der Waals surface area contributed by atoms with E-state index in [2.05, 4.69) is 0 Å². The summed E-state index contributed by atoms with van der Waals surface area (Å²) in [6.07, 6.45) is 2.98. The molecule has 1 aliphatic heterocycles. The van der Waals surface area contributed by atoms with Gasteiger partial charge in [-0.2, -0.15) is 0 Å². The normalized spacial score (nSPS) is 27.3. The third kappa shape index (κ3) is 2.06. The fraction of sp³-hybridized carbons (Fsp3) is 0.467. The zero-order valence-corrected chi connectivity index (χ0v) is 10.7. The number of benzene rings is 1. The minimum atomic E-state index is -0.577. The van der Waals surface area contributed by atoms with Crippen molar-refractivity contribution in [2.24, 2.45) is 0 Å². The number of imide groups is 1. The molecule has 19 heavy (non-hydrogen) atoms. The fourth-order valence-electron chi connectivity index (χ4n) is 3.10. The molecule has 2 aliphatic rings. The molecule has 0 aromatic heterocycles. The third-order valence-electron chi connectivity index (χ3n) is 4.10. The van der Waals surface area contributed by atoms with Crippen molar-refractivity contribution in [3.05, 3.63) is 35.4 Å². The quantitative estimate of drug-likeness (QED) is 0.778. The molecule has 1 fully saturated rings. The summed E-state index contributed by atoms with van der Waals surface area (Å²) in [7, 11) is 0. The minimum Gasteiger partial charge on any atom is -0.391 e. The molecule has 2 amide bonds. The molecule has 0 radical (unpaired) electrons. The largest absolute Gasteiger partial charge is 0.391 e. The molecule has 3 rings (SSSR count). The van der Waals surface area contributed by atoms with Gasteiger partial charge in [-0.25, -0.2) is 0 Å². The molecule has 4 nitrogen and oxygen atoms in total. The molecule has 1 aromatic carbocycles. The van der Waals surface area contributed by atoms with Gasteiger partial charge in [0.25, 0.3) is 5.91 Å². The molecule has 1 aromatic rings. The third-order valence-corrected chi connectivity index (χ3v) is 4.10. The Morgan fingerprint density at radius 2 is 1.84 bits per heavy atom. The van der Waals surface area contributed by atoms with Crippen molar-refractivity contribution in [1.29, 1.82) is 0 Å². The Bertz CT molecular complexity index is 526. The molecular weight excluding hydrogens is 242 g/mol. The van der Waals surface area contributed by atoms with Crippen LogP contribution in [0.25, 0.3) is 0 Å². The van der Waals surface area contributed by atoms with Crippen LogP contribution in [0.4, 0.5) is 0 Å². The highest BCUT2D eigenvalue weighted by molar-refractivity contribution is 6.10. The molecule has 2 unspecified atom stereocenters. The monoisotopic (exact) mass is 259 g/mol. The highest BCUT2D eigenvalue weighted by Gasteiger charge is 2.39. The van der Waals surface area contributed by atoms with Gasteiger partial charge in [-0.05, 0) is 24.5 Å². The molecule has 0 spiro atoms. The Hall–Kier alpha value is -1.68. The van der Waals surface area contributed by atoms with Gasteiger partial charge in [0.05, 0.1) is 18.6 Å². The fourth-order valence-corrected chi connectivity index (χ4v) is 3.10. The highest BCUT2D eigenvalue weighted by Crippen LogP contribution is 2.28. The average Bonchev–Trinajstić information content (AvgIpc) is 2.41. The van der Waals surface area contributed by atoms with E-state index in [4.69, 9.17) is 0 Å². The Labute approximate surface area is 112 Å². The van der Waals surface area contributed by atoms with Crippen LogP contribution in [-0.2, 0) is 11.2 Å². The van der Waals surface area contributed by atoms with E-state index >= 15 is 0 Å². The molecular formula is C15H17NO3. The number of fused-ring (bicyclic) bond motifs is 1. The van der Waals surface area contributed by atoms with Gasteiger partial charge < -0.3 is 5.11 Å². The van der Waals surface area contributed by atoms with Crippen LogP contribution in [0.15, 0.2) is 24.3 Å². The number of aliphatic hydroxyl groups is 1. The zero-order chi connectivity index (χ0) is 13.4. The molecule has 0 bridgehead atoms. The molecule has 4 heteroatoms. The van der Waals surface area contributed by atoms with Gasteiger partial charge in [-0.1, -0.05) is 31.0 Å². The van der Waals surface area contributed by atoms with Crippen LogP contribution in [0.2, 0.25) is 0 Å². The maximum absolute atomic E-state index is 12.5. The van der Waals surface area contributed by atoms with Crippen LogP contribution in [0.3, 0.4) is 0 Å². The number of amides is 2. The number of rotatable bonds is 1. The van der Waals surface area contributed by atoms with Crippen molar-refractivity contribution < 1.29 is 14.7 Å². The zero-order valence-electron chi connectivity index (χ0n) is 10.7. The summed E-state index contributed by atoms with van der Waals surface area (Å²) < 4.78 is 0. The molecule has 1 N–H and O–H groups in total. The van der Waals surface area contributed by atoms with E-state index in [0.717, 1.165) is 18.4 Å². The number of nitrogens with zero attached hydrogens (tertiary/aromatic N) is 1. The highest BCUT2D eigenvalue weighted by atomic mass is 16.3. The SMILES string of the molecule is O=C1Cc2ccccc2C(=O)N1C1CCCCC1O. The van der Waals surface area contributed by atoms with Gasteiger partial charge in [-0.3, -0.25) is 14.5 Å². The van der Waals surface area contributed by atoms with Crippen LogP contribution in [0, 0.1) is 0 Å². The second-order valence-electron chi connectivity index (χ2n) is 5.32. The molecule has 1 aliphatic carbocycles. The van der Waals surface area contributed by atoms with Crippen molar-refractivity contribution in [3.63, 3.8) is 0 Å². The lowest BCUT2D eigenvalue weighted by molar-refractivity contribution is -0.133. The van der Waals surface area contributed by atoms with E-state index in [0.29, 0.717) is 18.4 Å². The predicted molar refractivity (Wildman–Crippen MR) is 69.6 cm³/mol. The number of hydrogen-bond acceptors (Lipinski definition) is 3. The van der Waals surface area contributed by atoms with Crippen LogP contribution < -0.4 is 0 Å². The van der Waals surface area contributed by atoms with Crippen LogP contribution in [-0.4, -0.2) is 34.0 Å². The van der Waals surface area contributed by atoms with E-state index < -0.39 is 6.10 Å². The van der Waals surface area contributed by atoms with Gasteiger partial charge in [0.1, 0.15) is 0 Å². The van der Waals surface area contributed by atoms with Crippen molar-refractivity contribution in [1.82, 2.24) is 4.90 Å². The van der Waals surface area contributed by atoms with Crippen molar-refractivity contribution in [3.8, 4) is 0 Å². The number of aliphatic hydroxyl groups excluding tert-OH is 1. The molecule has 2 atom stereocenters. The molecule has 1 saturated carbocycles. The first-order valence-electron chi connectivity index (χ1n) is 6.81. The Morgan fingerprint density at radius 1 is 1.11 bits per heavy atom. The van der Waals surface area contributed by atoms with E-state index in [1.165, 1.54) is 4.90 Å². The van der Waals surface area contributed by atoms with E-state index in [9.17, 15) is 14.7 Å². The first kappa shape index (κ1) is 12.4. The van der Waals surface area contributed by atoms with E-state index in [-0.39, 0.29) is 24.3 Å². The van der Waals surface area contributed by atoms with Crippen molar-refractivity contribution in [2.45, 2.75) is 44.2 Å². The Balaban J connectivity index is 1.95. The first-order valence-corrected chi connectivity index (χ1v) is 6.81. The number of carbonyl (C=O) groups excluding carboxylic acids is 2. The second-order valence-corrected chi connectivity index (χ2v) is 5.32. The summed E-state index contributed by atoms with van der Waals surface area (Å²) in [6, 6.07) is 6.88. The lowest BCUT2D eigenvalue weighted by atomic mass is 9.88. The lowest BCUT2D eigenvalue weighted by Gasteiger charge is -2.38. The average molecular weight is 259 g/mol. The summed E-state index contributed by atoms with van der Waals surface area (Å²) in [5.74, 6) is -0.438. The molecule has 1 heterocycles. The van der Waals surface area contributed by atoms with Crippen molar-refractivity contribution >= 4 is 11.8 Å². The Kier molecular flexibility index (Phi) is 3.11. The summed E-state index contributed by atoms with van der Waals surface area (Å²) in [6.45, 7) is 0. The maximum atomic E-state index is 12.5. The van der Waals surface area contributed by atoms with Gasteiger partial charge in [0.2, 0.25) is 5.91 Å². The lowest BCUT2D eigenvalue weighted by Crippen LogP contribution is -2.54. The summed E-state index contributed by atoms with van der Waals surface area (Å²) >= 11 is 0. The first-order chi connectivity index (χ1) is 9.18. The Morgan fingerprint density at radius 3 is 2.63 bits per heavy atom. The van der Waals surface area contributed by atoms with Gasteiger partial charge in [0, 0.05) is 5.56 Å². The summed E-state index contributed by atoms with van der Waals surface area (Å²) in [4.78, 5) is 26.0.